The Kier molecular flexibility index (Phi) is 6.21. The highest BCUT2D eigenvalue weighted by Gasteiger charge is 2.37. The zero-order chi connectivity index (χ0) is 23.7. The van der Waals surface area contributed by atoms with E-state index in [-0.39, 0.29) is 18.3 Å². The van der Waals surface area contributed by atoms with Gasteiger partial charge < -0.3 is 25.7 Å². The van der Waals surface area contributed by atoms with Gasteiger partial charge in [0.15, 0.2) is 0 Å². The maximum atomic E-state index is 13.2. The van der Waals surface area contributed by atoms with Gasteiger partial charge in [0.05, 0.1) is 7.11 Å². The highest BCUT2D eigenvalue weighted by molar-refractivity contribution is 7.80. The molecule has 1 saturated heterocycles. The van der Waals surface area contributed by atoms with Gasteiger partial charge in [0, 0.05) is 41.3 Å². The van der Waals surface area contributed by atoms with Crippen molar-refractivity contribution in [3.8, 4) is 5.75 Å². The maximum Gasteiger partial charge on any atom is 0.246 e. The zero-order valence-electron chi connectivity index (χ0n) is 18.0. The summed E-state index contributed by atoms with van der Waals surface area (Å²) in [6.45, 7) is 0.582. The quantitative estimate of drug-likeness (QED) is 0.210. The number of nitrogens with two attached hydrogens (primary N) is 2. The van der Waals surface area contributed by atoms with E-state index in [1.165, 1.54) is 0 Å². The van der Waals surface area contributed by atoms with E-state index < -0.39 is 17.3 Å². The van der Waals surface area contributed by atoms with Crippen molar-refractivity contribution in [2.45, 2.75) is 19.0 Å². The van der Waals surface area contributed by atoms with Crippen LogP contribution in [0.4, 0.5) is 11.4 Å². The highest BCUT2D eigenvalue weighted by atomic mass is 32.2. The summed E-state index contributed by atoms with van der Waals surface area (Å²) in [6.07, 6.45) is 0.343. The summed E-state index contributed by atoms with van der Waals surface area (Å²) in [4.78, 5) is 14.8. The fourth-order valence-corrected chi connectivity index (χ4v) is 4.75. The van der Waals surface area contributed by atoms with Gasteiger partial charge in [0.1, 0.15) is 17.6 Å². The third-order valence-electron chi connectivity index (χ3n) is 5.81. The van der Waals surface area contributed by atoms with Crippen LogP contribution in [0.3, 0.4) is 0 Å². The van der Waals surface area contributed by atoms with Crippen LogP contribution in [-0.2, 0) is 22.6 Å². The molecule has 2 atom stereocenters. The third kappa shape index (κ3) is 4.48. The molecule has 0 radical (unpaired) electrons. The number of amidine groups is 1. The monoisotopic (exact) mass is 466 g/mol. The normalized spacial score (nSPS) is 16.7. The van der Waals surface area contributed by atoms with Crippen LogP contribution in [0.5, 0.6) is 5.75 Å². The first kappa shape index (κ1) is 22.6. The molecular weight excluding hydrogens is 442 g/mol. The van der Waals surface area contributed by atoms with Crippen LogP contribution in [0, 0.1) is 5.41 Å². The van der Waals surface area contributed by atoms with Crippen LogP contribution in [0.2, 0.25) is 0 Å². The zero-order valence-corrected chi connectivity index (χ0v) is 18.8. The van der Waals surface area contributed by atoms with Crippen molar-refractivity contribution in [2.24, 2.45) is 5.73 Å². The number of rotatable bonds is 7. The predicted molar refractivity (Wildman–Crippen MR) is 128 cm³/mol. The standard InChI is InChI=1S/C23H25N5O4S/c1-32-19-6-3-14-2-5-18(11-16(14)12-19)28(33(30)31)21-8-9-27(23(21)29)13-17-10-15(22(25)26)4-7-20(17)24/h2-7,10-12,21H,8-9,13,24H2,1H3,(H3,25,26)(H,30,31)/p-1. The van der Waals surface area contributed by atoms with Gasteiger partial charge in [0.25, 0.3) is 0 Å². The lowest BCUT2D eigenvalue weighted by atomic mass is 10.1. The molecule has 3 aromatic carbocycles. The van der Waals surface area contributed by atoms with Gasteiger partial charge in [-0.25, -0.2) is 0 Å². The molecule has 1 aliphatic rings. The first-order valence-corrected chi connectivity index (χ1v) is 11.3. The number of methoxy groups -OCH3 is 1. The minimum Gasteiger partial charge on any atom is -0.755 e. The van der Waals surface area contributed by atoms with Crippen LogP contribution < -0.4 is 20.5 Å². The lowest BCUT2D eigenvalue weighted by Crippen LogP contribution is -2.42. The number of nitrogens with zero attached hydrogens (tertiary/aromatic N) is 2. The number of carbonyl (C=O) groups is 1. The van der Waals surface area contributed by atoms with Crippen molar-refractivity contribution in [2.75, 3.05) is 23.7 Å². The van der Waals surface area contributed by atoms with E-state index in [0.29, 0.717) is 41.2 Å². The largest absolute Gasteiger partial charge is 0.755 e. The van der Waals surface area contributed by atoms with E-state index in [9.17, 15) is 13.6 Å². The molecule has 1 amide bonds. The van der Waals surface area contributed by atoms with Gasteiger partial charge in [-0.1, -0.05) is 12.1 Å². The van der Waals surface area contributed by atoms with Gasteiger partial charge in [0.2, 0.25) is 5.91 Å². The number of ether oxygens (including phenoxy) is 1. The summed E-state index contributed by atoms with van der Waals surface area (Å²) in [5, 5.41) is 9.35. The molecule has 1 aliphatic heterocycles. The molecule has 5 N–H and O–H groups in total. The Morgan fingerprint density at radius 1 is 1.21 bits per heavy atom. The van der Waals surface area contributed by atoms with Gasteiger partial charge in [-0.15, -0.1) is 0 Å². The molecule has 33 heavy (non-hydrogen) atoms. The van der Waals surface area contributed by atoms with Crippen LogP contribution in [0.25, 0.3) is 10.8 Å². The molecule has 0 aliphatic carbocycles. The first-order valence-electron chi connectivity index (χ1n) is 10.3. The van der Waals surface area contributed by atoms with Crippen LogP contribution in [-0.4, -0.2) is 45.1 Å². The minimum absolute atomic E-state index is 0.0947. The molecule has 0 aromatic heterocycles. The van der Waals surface area contributed by atoms with Crippen molar-refractivity contribution >= 4 is 45.2 Å². The summed E-state index contributed by atoms with van der Waals surface area (Å²) in [5.41, 5.74) is 13.7. The Hall–Kier alpha value is -3.63. The molecule has 3 aromatic rings. The molecule has 1 heterocycles. The van der Waals surface area contributed by atoms with E-state index in [4.69, 9.17) is 21.6 Å². The molecule has 172 valence electrons. The number of nitrogens with one attached hydrogen (secondary N) is 1. The van der Waals surface area contributed by atoms with Crippen molar-refractivity contribution in [1.29, 1.82) is 5.41 Å². The van der Waals surface area contributed by atoms with Crippen molar-refractivity contribution in [3.05, 3.63) is 65.7 Å². The van der Waals surface area contributed by atoms with E-state index >= 15 is 0 Å². The van der Waals surface area contributed by atoms with Crippen LogP contribution >= 0.6 is 0 Å². The van der Waals surface area contributed by atoms with Crippen molar-refractivity contribution in [1.82, 2.24) is 4.90 Å². The molecule has 4 rings (SSSR count). The van der Waals surface area contributed by atoms with Gasteiger partial charge >= 0.3 is 0 Å². The predicted octanol–water partition coefficient (Wildman–Crippen LogP) is 2.12. The molecule has 0 spiro atoms. The summed E-state index contributed by atoms with van der Waals surface area (Å²) < 4.78 is 30.8. The van der Waals surface area contributed by atoms with Crippen LogP contribution in [0.15, 0.2) is 54.6 Å². The molecule has 10 heteroatoms. The molecular formula is C23H24N5O4S-. The molecule has 2 unspecified atom stereocenters. The second-order valence-electron chi connectivity index (χ2n) is 7.83. The number of fused-ring (bicyclic) bond motifs is 1. The summed E-state index contributed by atoms with van der Waals surface area (Å²) >= 11 is -2.66. The number of amides is 1. The van der Waals surface area contributed by atoms with Gasteiger partial charge in [-0.05, 0) is 65.2 Å². The number of hydrogen-bond donors (Lipinski definition) is 3. The maximum absolute atomic E-state index is 13.2. The number of likely N-dealkylation sites (tertiary alicyclic amines) is 1. The number of benzene rings is 3. The average Bonchev–Trinajstić information content (AvgIpc) is 3.14. The Morgan fingerprint density at radius 3 is 2.67 bits per heavy atom. The third-order valence-corrected chi connectivity index (χ3v) is 6.60. The Morgan fingerprint density at radius 2 is 1.97 bits per heavy atom. The Bertz CT molecular complexity index is 1260. The second kappa shape index (κ2) is 9.08. The average molecular weight is 467 g/mol. The van der Waals surface area contributed by atoms with E-state index in [0.717, 1.165) is 15.1 Å². The first-order chi connectivity index (χ1) is 15.8. The molecule has 1 fully saturated rings. The highest BCUT2D eigenvalue weighted by Crippen LogP contribution is 2.31. The lowest BCUT2D eigenvalue weighted by Gasteiger charge is -2.31. The van der Waals surface area contributed by atoms with Gasteiger partial charge in [-0.2, -0.15) is 0 Å². The molecule has 0 bridgehead atoms. The van der Waals surface area contributed by atoms with E-state index in [1.807, 2.05) is 24.3 Å². The van der Waals surface area contributed by atoms with Crippen molar-refractivity contribution < 1.29 is 18.3 Å². The summed E-state index contributed by atoms with van der Waals surface area (Å²) in [5.74, 6) is 0.253. The summed E-state index contributed by atoms with van der Waals surface area (Å²) in [7, 11) is 1.56. The molecule has 0 saturated carbocycles. The fourth-order valence-electron chi connectivity index (χ4n) is 4.06. The lowest BCUT2D eigenvalue weighted by molar-refractivity contribution is -0.129. The van der Waals surface area contributed by atoms with Crippen molar-refractivity contribution in [3.63, 3.8) is 0 Å². The van der Waals surface area contributed by atoms with E-state index in [1.54, 1.807) is 42.3 Å². The molecule has 9 nitrogen and oxygen atoms in total. The van der Waals surface area contributed by atoms with E-state index in [2.05, 4.69) is 0 Å². The number of carbonyl (C=O) groups excluding carboxylic acids is 1. The number of hydrogen-bond acceptors (Lipinski definition) is 6. The SMILES string of the molecule is COc1ccc2ccc(N(C3CCN(Cc4cc(C(=N)N)ccc4N)C3=O)S(=O)[O-])cc2c1. The van der Waals surface area contributed by atoms with Crippen LogP contribution in [0.1, 0.15) is 17.5 Å². The van der Waals surface area contributed by atoms with Gasteiger partial charge in [-0.3, -0.25) is 18.7 Å². The number of nitrogen functional groups attached to an aromatic ring is 2. The topological polar surface area (TPSA) is 149 Å². The summed E-state index contributed by atoms with van der Waals surface area (Å²) in [6, 6.07) is 14.9. The number of anilines is 2. The minimum atomic E-state index is -2.66. The Labute approximate surface area is 193 Å². The Balaban J connectivity index is 1.61. The second-order valence-corrected chi connectivity index (χ2v) is 8.66. The smallest absolute Gasteiger partial charge is 0.246 e. The fraction of sp³-hybridized carbons (Fsp3) is 0.217.